The topological polar surface area (TPSA) is 55.6 Å². The molecule has 0 radical (unpaired) electrons. The van der Waals surface area contributed by atoms with Gasteiger partial charge < -0.3 is 14.1 Å². The van der Waals surface area contributed by atoms with E-state index in [1.807, 2.05) is 49.1 Å². The van der Waals surface area contributed by atoms with Crippen LogP contribution < -0.4 is 0 Å². The van der Waals surface area contributed by atoms with E-state index in [9.17, 15) is 4.79 Å². The van der Waals surface area contributed by atoms with Gasteiger partial charge in [-0.05, 0) is 46.6 Å². The molecule has 1 saturated heterocycles. The maximum atomic E-state index is 13.3. The van der Waals surface area contributed by atoms with Crippen LogP contribution >= 0.6 is 0 Å². The zero-order chi connectivity index (χ0) is 18.2. The van der Waals surface area contributed by atoms with Crippen LogP contribution in [0.15, 0.2) is 41.1 Å². The Hall–Kier alpha value is -2.14. The highest BCUT2D eigenvalue weighted by molar-refractivity contribution is 5.93. The quantitative estimate of drug-likeness (QED) is 0.843. The number of hydrogen-bond donors (Lipinski definition) is 0. The Bertz CT molecular complexity index is 749. The molecule has 2 aromatic rings. The summed E-state index contributed by atoms with van der Waals surface area (Å²) in [5.41, 5.74) is 0.738. The third-order valence-electron chi connectivity index (χ3n) is 4.81. The number of rotatable bonds is 4. The van der Waals surface area contributed by atoms with Gasteiger partial charge in [0.1, 0.15) is 5.76 Å². The van der Waals surface area contributed by atoms with Gasteiger partial charge in [-0.1, -0.05) is 30.3 Å². The number of nitrogens with zero attached hydrogens (tertiary/aromatic N) is 2. The van der Waals surface area contributed by atoms with Crippen molar-refractivity contribution in [2.45, 2.75) is 64.8 Å². The fourth-order valence-electron chi connectivity index (χ4n) is 3.77. The molecule has 1 fully saturated rings. The second-order valence-corrected chi connectivity index (χ2v) is 7.86. The number of benzene rings is 1. The zero-order valence-corrected chi connectivity index (χ0v) is 15.6. The summed E-state index contributed by atoms with van der Waals surface area (Å²) < 4.78 is 11.5. The lowest BCUT2D eigenvalue weighted by Crippen LogP contribution is -2.49. The first-order valence-corrected chi connectivity index (χ1v) is 8.65. The van der Waals surface area contributed by atoms with Crippen molar-refractivity contribution >= 4 is 5.91 Å². The predicted molar refractivity (Wildman–Crippen MR) is 95.2 cm³/mol. The molecule has 1 aromatic heterocycles. The van der Waals surface area contributed by atoms with Crippen LogP contribution in [0.4, 0.5) is 0 Å². The number of ether oxygens (including phenoxy) is 1. The Kier molecular flexibility index (Phi) is 4.45. The second kappa shape index (κ2) is 6.30. The molecule has 5 heteroatoms. The number of carbonyl (C=O) groups is 1. The smallest absolute Gasteiger partial charge is 0.276 e. The molecule has 0 N–H and O–H groups in total. The molecule has 1 aliphatic heterocycles. The molecule has 1 amide bonds. The summed E-state index contributed by atoms with van der Waals surface area (Å²) in [6.45, 7) is 10.5. The third-order valence-corrected chi connectivity index (χ3v) is 4.81. The van der Waals surface area contributed by atoms with Crippen LogP contribution in [-0.4, -0.2) is 33.0 Å². The molecule has 0 unspecified atom stereocenters. The molecule has 0 spiro atoms. The number of amides is 1. The number of aromatic nitrogens is 1. The van der Waals surface area contributed by atoms with Crippen molar-refractivity contribution in [1.29, 1.82) is 0 Å². The van der Waals surface area contributed by atoms with Crippen molar-refractivity contribution in [3.63, 3.8) is 0 Å². The molecule has 134 valence electrons. The van der Waals surface area contributed by atoms with E-state index in [1.165, 1.54) is 6.39 Å². The summed E-state index contributed by atoms with van der Waals surface area (Å²) in [5, 5.41) is 0. The molecule has 0 saturated carbocycles. The molecule has 5 nitrogen and oxygen atoms in total. The van der Waals surface area contributed by atoms with Crippen molar-refractivity contribution in [3.05, 3.63) is 53.7 Å². The first-order chi connectivity index (χ1) is 11.7. The van der Waals surface area contributed by atoms with E-state index in [4.69, 9.17) is 9.15 Å². The monoisotopic (exact) mass is 342 g/mol. The van der Waals surface area contributed by atoms with Gasteiger partial charge in [-0.15, -0.1) is 0 Å². The highest BCUT2D eigenvalue weighted by Gasteiger charge is 2.50. The minimum absolute atomic E-state index is 0.0497. The van der Waals surface area contributed by atoms with Crippen molar-refractivity contribution in [2.24, 2.45) is 0 Å². The average molecular weight is 342 g/mol. The average Bonchev–Trinajstić information content (AvgIpc) is 3.04. The Balaban J connectivity index is 1.97. The standard InChI is InChI=1S/C20H26N2O3/c1-14-17(21-13-24-14)18(23)22(12-15-9-7-6-8-10-15)16-11-19(2,3)25-20(16,4)5/h6-10,13,16H,11-12H2,1-5H3/t16-/m0/s1. The lowest BCUT2D eigenvalue weighted by atomic mass is 9.92. The Morgan fingerprint density at radius 2 is 1.92 bits per heavy atom. The minimum atomic E-state index is -0.439. The second-order valence-electron chi connectivity index (χ2n) is 7.86. The molecule has 0 aliphatic carbocycles. The first kappa shape index (κ1) is 17.7. The molecular weight excluding hydrogens is 316 g/mol. The minimum Gasteiger partial charge on any atom is -0.448 e. The molecule has 3 rings (SSSR count). The normalized spacial score (nSPS) is 21.2. The van der Waals surface area contributed by atoms with Crippen LogP contribution in [0.2, 0.25) is 0 Å². The van der Waals surface area contributed by atoms with E-state index in [0.29, 0.717) is 18.0 Å². The summed E-state index contributed by atoms with van der Waals surface area (Å²) in [7, 11) is 0. The summed E-state index contributed by atoms with van der Waals surface area (Å²) in [6.07, 6.45) is 2.10. The van der Waals surface area contributed by atoms with Gasteiger partial charge in [0.05, 0.1) is 17.2 Å². The Morgan fingerprint density at radius 3 is 2.44 bits per heavy atom. The summed E-state index contributed by atoms with van der Waals surface area (Å²) in [5.74, 6) is 0.425. The van der Waals surface area contributed by atoms with E-state index in [2.05, 4.69) is 18.8 Å². The molecule has 25 heavy (non-hydrogen) atoms. The molecular formula is C20H26N2O3. The SMILES string of the molecule is Cc1ocnc1C(=O)N(Cc1ccccc1)[C@H]1CC(C)(C)OC1(C)C. The van der Waals surface area contributed by atoms with Gasteiger partial charge in [0, 0.05) is 6.54 Å². The van der Waals surface area contributed by atoms with Crippen LogP contribution in [0, 0.1) is 6.92 Å². The fourth-order valence-corrected chi connectivity index (χ4v) is 3.77. The summed E-state index contributed by atoms with van der Waals surface area (Å²) in [4.78, 5) is 19.3. The lowest BCUT2D eigenvalue weighted by Gasteiger charge is -2.36. The number of aryl methyl sites for hydroxylation is 1. The van der Waals surface area contributed by atoms with Crippen LogP contribution in [-0.2, 0) is 11.3 Å². The van der Waals surface area contributed by atoms with E-state index >= 15 is 0 Å². The van der Waals surface area contributed by atoms with E-state index < -0.39 is 5.60 Å². The molecule has 0 bridgehead atoms. The van der Waals surface area contributed by atoms with Gasteiger partial charge in [0.2, 0.25) is 0 Å². The molecule has 1 aromatic carbocycles. The zero-order valence-electron chi connectivity index (χ0n) is 15.6. The lowest BCUT2D eigenvalue weighted by molar-refractivity contribution is -0.0785. The van der Waals surface area contributed by atoms with Crippen molar-refractivity contribution in [2.75, 3.05) is 0 Å². The highest BCUT2D eigenvalue weighted by Crippen LogP contribution is 2.41. The highest BCUT2D eigenvalue weighted by atomic mass is 16.5. The third kappa shape index (κ3) is 3.61. The number of oxazole rings is 1. The molecule has 1 aliphatic rings. The van der Waals surface area contributed by atoms with Crippen molar-refractivity contribution < 1.29 is 13.9 Å². The summed E-state index contributed by atoms with van der Waals surface area (Å²) >= 11 is 0. The van der Waals surface area contributed by atoms with Gasteiger partial charge in [-0.3, -0.25) is 4.79 Å². The largest absolute Gasteiger partial charge is 0.448 e. The first-order valence-electron chi connectivity index (χ1n) is 8.65. The van der Waals surface area contributed by atoms with E-state index in [-0.39, 0.29) is 17.6 Å². The van der Waals surface area contributed by atoms with Crippen LogP contribution in [0.25, 0.3) is 0 Å². The van der Waals surface area contributed by atoms with Gasteiger partial charge in [0.15, 0.2) is 12.1 Å². The van der Waals surface area contributed by atoms with E-state index in [1.54, 1.807) is 6.92 Å². The number of hydrogen-bond acceptors (Lipinski definition) is 4. The van der Waals surface area contributed by atoms with Gasteiger partial charge in [-0.2, -0.15) is 0 Å². The predicted octanol–water partition coefficient (Wildman–Crippen LogP) is 3.97. The van der Waals surface area contributed by atoms with E-state index in [0.717, 1.165) is 12.0 Å². The van der Waals surface area contributed by atoms with Crippen LogP contribution in [0.5, 0.6) is 0 Å². The van der Waals surface area contributed by atoms with Crippen molar-refractivity contribution in [1.82, 2.24) is 9.88 Å². The van der Waals surface area contributed by atoms with Crippen molar-refractivity contribution in [3.8, 4) is 0 Å². The Morgan fingerprint density at radius 1 is 1.24 bits per heavy atom. The molecule has 1 atom stereocenters. The number of carbonyl (C=O) groups excluding carboxylic acids is 1. The van der Waals surface area contributed by atoms with Gasteiger partial charge in [0.25, 0.3) is 5.91 Å². The Labute approximate surface area is 149 Å². The summed E-state index contributed by atoms with van der Waals surface area (Å²) in [6, 6.07) is 9.96. The maximum absolute atomic E-state index is 13.3. The fraction of sp³-hybridized carbons (Fsp3) is 0.500. The van der Waals surface area contributed by atoms with Gasteiger partial charge in [-0.25, -0.2) is 4.98 Å². The molecule has 2 heterocycles. The van der Waals surface area contributed by atoms with Crippen LogP contribution in [0.3, 0.4) is 0 Å². The maximum Gasteiger partial charge on any atom is 0.276 e. The van der Waals surface area contributed by atoms with Crippen LogP contribution in [0.1, 0.15) is 55.9 Å². The van der Waals surface area contributed by atoms with Gasteiger partial charge >= 0.3 is 0 Å².